The van der Waals surface area contributed by atoms with Gasteiger partial charge in [-0.3, -0.25) is 0 Å². The quantitative estimate of drug-likeness (QED) is 0.389. The van der Waals surface area contributed by atoms with Gasteiger partial charge in [-0.25, -0.2) is 0 Å². The second kappa shape index (κ2) is 11.1. The van der Waals surface area contributed by atoms with E-state index in [-0.39, 0.29) is 0 Å². The van der Waals surface area contributed by atoms with E-state index in [0.717, 1.165) is 17.8 Å². The van der Waals surface area contributed by atoms with Crippen LogP contribution in [0.3, 0.4) is 0 Å². The Morgan fingerprint density at radius 1 is 0.706 bits per heavy atom. The van der Waals surface area contributed by atoms with Crippen molar-refractivity contribution in [2.24, 2.45) is 17.8 Å². The van der Waals surface area contributed by atoms with Crippen molar-refractivity contribution >= 4 is 0 Å². The van der Waals surface area contributed by atoms with Gasteiger partial charge in [0.1, 0.15) is 0 Å². The molecule has 3 atom stereocenters. The lowest BCUT2D eigenvalue weighted by atomic mass is 9.83. The summed E-state index contributed by atoms with van der Waals surface area (Å²) in [5, 5.41) is 0. The second-order valence-electron chi connectivity index (χ2n) is 6.11. The monoisotopic (exact) mass is 240 g/mol. The Kier molecular flexibility index (Phi) is 11.1. The first-order valence-electron chi connectivity index (χ1n) is 8.15. The van der Waals surface area contributed by atoms with Crippen molar-refractivity contribution in [2.45, 2.75) is 92.4 Å². The maximum absolute atomic E-state index is 2.47. The minimum Gasteiger partial charge on any atom is -0.0654 e. The first-order valence-corrected chi connectivity index (χ1v) is 8.15. The summed E-state index contributed by atoms with van der Waals surface area (Å²) in [7, 11) is 0. The molecule has 0 nitrogen and oxygen atoms in total. The minimum absolute atomic E-state index is 0.943. The van der Waals surface area contributed by atoms with Gasteiger partial charge in [0, 0.05) is 0 Å². The number of rotatable bonds is 11. The van der Waals surface area contributed by atoms with Gasteiger partial charge in [-0.15, -0.1) is 0 Å². The molecule has 0 aromatic heterocycles. The number of hydrogen-bond acceptors (Lipinski definition) is 0. The molecular weight excluding hydrogens is 204 g/mol. The molecule has 0 amide bonds. The molecule has 0 saturated heterocycles. The molecule has 0 N–H and O–H groups in total. The predicted octanol–water partition coefficient (Wildman–Crippen LogP) is 6.45. The SMILES string of the molecule is CCCCC(C)CCCC(C)C(CC)CCC. The van der Waals surface area contributed by atoms with Crippen LogP contribution in [0.4, 0.5) is 0 Å². The predicted molar refractivity (Wildman–Crippen MR) is 80.4 cm³/mol. The first-order chi connectivity index (χ1) is 8.15. The fourth-order valence-electron chi connectivity index (χ4n) is 2.98. The van der Waals surface area contributed by atoms with Crippen LogP contribution in [0.15, 0.2) is 0 Å². The van der Waals surface area contributed by atoms with Crippen molar-refractivity contribution in [2.75, 3.05) is 0 Å². The highest BCUT2D eigenvalue weighted by Gasteiger charge is 2.14. The zero-order valence-corrected chi connectivity index (χ0v) is 13.1. The van der Waals surface area contributed by atoms with E-state index in [1.165, 1.54) is 57.8 Å². The third-order valence-corrected chi connectivity index (χ3v) is 4.40. The molecule has 0 saturated carbocycles. The van der Waals surface area contributed by atoms with E-state index < -0.39 is 0 Å². The molecule has 104 valence electrons. The summed E-state index contributed by atoms with van der Waals surface area (Å²) in [5.74, 6) is 2.87. The van der Waals surface area contributed by atoms with Crippen molar-refractivity contribution in [1.29, 1.82) is 0 Å². The standard InChI is InChI=1S/C17H36/c1-6-9-12-15(4)13-10-14-16(5)17(8-3)11-7-2/h15-17H,6-14H2,1-5H3. The highest BCUT2D eigenvalue weighted by Crippen LogP contribution is 2.26. The third kappa shape index (κ3) is 8.69. The molecule has 0 aliphatic rings. The maximum Gasteiger partial charge on any atom is -0.0391 e. The molecule has 0 spiro atoms. The van der Waals surface area contributed by atoms with Crippen LogP contribution in [0.2, 0.25) is 0 Å². The Morgan fingerprint density at radius 3 is 1.88 bits per heavy atom. The fraction of sp³-hybridized carbons (Fsp3) is 1.00. The number of hydrogen-bond donors (Lipinski definition) is 0. The largest absolute Gasteiger partial charge is 0.0654 e. The zero-order chi connectivity index (χ0) is 13.1. The molecule has 0 bridgehead atoms. The Morgan fingerprint density at radius 2 is 1.35 bits per heavy atom. The van der Waals surface area contributed by atoms with Gasteiger partial charge in [0.05, 0.1) is 0 Å². The third-order valence-electron chi connectivity index (χ3n) is 4.40. The molecule has 0 aliphatic heterocycles. The summed E-state index contributed by atoms with van der Waals surface area (Å²) in [6.45, 7) is 11.9. The smallest absolute Gasteiger partial charge is 0.0391 e. The van der Waals surface area contributed by atoms with Crippen LogP contribution in [-0.2, 0) is 0 Å². The van der Waals surface area contributed by atoms with Crippen LogP contribution >= 0.6 is 0 Å². The van der Waals surface area contributed by atoms with Gasteiger partial charge in [-0.1, -0.05) is 92.4 Å². The van der Waals surface area contributed by atoms with Crippen molar-refractivity contribution in [1.82, 2.24) is 0 Å². The van der Waals surface area contributed by atoms with Crippen LogP contribution in [0.25, 0.3) is 0 Å². The van der Waals surface area contributed by atoms with E-state index in [1.54, 1.807) is 0 Å². The highest BCUT2D eigenvalue weighted by atomic mass is 14.2. The van der Waals surface area contributed by atoms with Crippen LogP contribution in [0.5, 0.6) is 0 Å². The average molecular weight is 240 g/mol. The van der Waals surface area contributed by atoms with Crippen LogP contribution < -0.4 is 0 Å². The van der Waals surface area contributed by atoms with Gasteiger partial charge >= 0.3 is 0 Å². The molecule has 0 rings (SSSR count). The Balaban J connectivity index is 3.64. The summed E-state index contributed by atoms with van der Waals surface area (Å²) in [5.41, 5.74) is 0. The summed E-state index contributed by atoms with van der Waals surface area (Å²) < 4.78 is 0. The lowest BCUT2D eigenvalue weighted by Crippen LogP contribution is -2.11. The van der Waals surface area contributed by atoms with E-state index in [9.17, 15) is 0 Å². The van der Waals surface area contributed by atoms with E-state index >= 15 is 0 Å². The molecule has 0 heterocycles. The summed E-state index contributed by atoms with van der Waals surface area (Å²) in [6.07, 6.45) is 12.7. The first kappa shape index (κ1) is 17.0. The van der Waals surface area contributed by atoms with Crippen LogP contribution in [0, 0.1) is 17.8 Å². The van der Waals surface area contributed by atoms with E-state index in [0.29, 0.717) is 0 Å². The fourth-order valence-corrected chi connectivity index (χ4v) is 2.98. The molecular formula is C17H36. The Bertz CT molecular complexity index is 150. The van der Waals surface area contributed by atoms with Gasteiger partial charge < -0.3 is 0 Å². The van der Waals surface area contributed by atoms with Gasteiger partial charge in [0.25, 0.3) is 0 Å². The lowest BCUT2D eigenvalue weighted by molar-refractivity contribution is 0.290. The van der Waals surface area contributed by atoms with E-state index in [2.05, 4.69) is 34.6 Å². The lowest BCUT2D eigenvalue weighted by Gasteiger charge is -2.22. The minimum atomic E-state index is 0.943. The van der Waals surface area contributed by atoms with Crippen LogP contribution in [-0.4, -0.2) is 0 Å². The van der Waals surface area contributed by atoms with Crippen LogP contribution in [0.1, 0.15) is 92.4 Å². The van der Waals surface area contributed by atoms with Gasteiger partial charge in [-0.2, -0.15) is 0 Å². The van der Waals surface area contributed by atoms with Gasteiger partial charge in [0.15, 0.2) is 0 Å². The molecule has 0 fully saturated rings. The summed E-state index contributed by atoms with van der Waals surface area (Å²) >= 11 is 0. The van der Waals surface area contributed by atoms with Crippen molar-refractivity contribution in [3.05, 3.63) is 0 Å². The second-order valence-corrected chi connectivity index (χ2v) is 6.11. The zero-order valence-electron chi connectivity index (χ0n) is 13.1. The van der Waals surface area contributed by atoms with Crippen molar-refractivity contribution in [3.8, 4) is 0 Å². The van der Waals surface area contributed by atoms with Crippen molar-refractivity contribution < 1.29 is 0 Å². The molecule has 0 aromatic carbocycles. The highest BCUT2D eigenvalue weighted by molar-refractivity contribution is 4.66. The van der Waals surface area contributed by atoms with Gasteiger partial charge in [-0.05, 0) is 17.8 Å². The summed E-state index contributed by atoms with van der Waals surface area (Å²) in [4.78, 5) is 0. The van der Waals surface area contributed by atoms with Crippen molar-refractivity contribution in [3.63, 3.8) is 0 Å². The van der Waals surface area contributed by atoms with E-state index in [1.807, 2.05) is 0 Å². The van der Waals surface area contributed by atoms with Gasteiger partial charge in [0.2, 0.25) is 0 Å². The maximum atomic E-state index is 2.47. The Hall–Kier alpha value is 0. The summed E-state index contributed by atoms with van der Waals surface area (Å²) in [6, 6.07) is 0. The number of unbranched alkanes of at least 4 members (excludes halogenated alkanes) is 1. The molecule has 17 heavy (non-hydrogen) atoms. The Labute approximate surface area is 111 Å². The molecule has 0 heteroatoms. The average Bonchev–Trinajstić information content (AvgIpc) is 2.33. The topological polar surface area (TPSA) is 0 Å². The molecule has 0 aromatic rings. The molecule has 3 unspecified atom stereocenters. The molecule has 0 aliphatic carbocycles. The molecule has 0 radical (unpaired) electrons. The van der Waals surface area contributed by atoms with E-state index in [4.69, 9.17) is 0 Å². The normalized spacial score (nSPS) is 16.8.